The zero-order valence-corrected chi connectivity index (χ0v) is 20.7. The van der Waals surface area contributed by atoms with E-state index in [0.29, 0.717) is 12.6 Å². The van der Waals surface area contributed by atoms with Crippen LogP contribution in [0.3, 0.4) is 0 Å². The van der Waals surface area contributed by atoms with Crippen LogP contribution in [0.25, 0.3) is 0 Å². The zero-order valence-electron chi connectivity index (χ0n) is 18.4. The summed E-state index contributed by atoms with van der Waals surface area (Å²) in [4.78, 5) is 21.5. The first-order valence-electron chi connectivity index (χ1n) is 11.6. The fraction of sp³-hybridized carbons (Fsp3) is 0.909. The van der Waals surface area contributed by atoms with Gasteiger partial charge in [-0.25, -0.2) is 0 Å². The Hall–Kier alpha value is -0.570. The first kappa shape index (κ1) is 24.7. The lowest BCUT2D eigenvalue weighted by atomic mass is 9.89. The maximum atomic E-state index is 12.0. The number of nitrogens with one attached hydrogen (secondary N) is 1. The number of aliphatic imine (C=N–C) groups is 1. The average molecular weight is 521 g/mol. The molecule has 3 rings (SSSR count). The van der Waals surface area contributed by atoms with Crippen molar-refractivity contribution in [2.75, 3.05) is 46.4 Å². The molecule has 1 N–H and O–H groups in total. The summed E-state index contributed by atoms with van der Waals surface area (Å²) in [7, 11) is 1.87. The van der Waals surface area contributed by atoms with Crippen LogP contribution < -0.4 is 5.32 Å². The number of carbonyl (C=O) groups is 1. The third-order valence-electron chi connectivity index (χ3n) is 6.84. The van der Waals surface area contributed by atoms with Crippen molar-refractivity contribution in [2.45, 2.75) is 70.8 Å². The molecule has 0 radical (unpaired) electrons. The fourth-order valence-electron chi connectivity index (χ4n) is 5.20. The first-order valence-corrected chi connectivity index (χ1v) is 11.6. The summed E-state index contributed by atoms with van der Waals surface area (Å²) in [6.45, 7) is 7.62. The predicted octanol–water partition coefficient (Wildman–Crippen LogP) is 3.50. The van der Waals surface area contributed by atoms with Gasteiger partial charge in [-0.15, -0.1) is 24.0 Å². The molecule has 6 nitrogen and oxygen atoms in total. The number of likely N-dealkylation sites (tertiary alicyclic amines) is 2. The molecule has 0 aromatic rings. The van der Waals surface area contributed by atoms with Gasteiger partial charge in [-0.3, -0.25) is 14.7 Å². The maximum Gasteiger partial charge on any atom is 0.309 e. The van der Waals surface area contributed by atoms with Gasteiger partial charge in [-0.05, 0) is 57.9 Å². The molecule has 2 aliphatic heterocycles. The number of rotatable bonds is 6. The third-order valence-corrected chi connectivity index (χ3v) is 6.84. The molecule has 168 valence electrons. The molecule has 2 heterocycles. The van der Waals surface area contributed by atoms with Gasteiger partial charge in [0.05, 0.1) is 12.5 Å². The van der Waals surface area contributed by atoms with Crippen LogP contribution in [-0.2, 0) is 9.53 Å². The van der Waals surface area contributed by atoms with E-state index in [9.17, 15) is 4.79 Å². The Morgan fingerprint density at radius 3 is 2.41 bits per heavy atom. The van der Waals surface area contributed by atoms with Crippen LogP contribution in [-0.4, -0.2) is 74.1 Å². The Morgan fingerprint density at radius 1 is 1.03 bits per heavy atom. The molecule has 1 atom stereocenters. The van der Waals surface area contributed by atoms with Gasteiger partial charge >= 0.3 is 5.97 Å². The van der Waals surface area contributed by atoms with E-state index in [1.807, 2.05) is 14.0 Å². The summed E-state index contributed by atoms with van der Waals surface area (Å²) in [5.41, 5.74) is 0. The monoisotopic (exact) mass is 520 g/mol. The van der Waals surface area contributed by atoms with E-state index in [1.54, 1.807) is 0 Å². The number of hydrogen-bond donors (Lipinski definition) is 1. The highest BCUT2D eigenvalue weighted by Crippen LogP contribution is 2.27. The van der Waals surface area contributed by atoms with E-state index >= 15 is 0 Å². The van der Waals surface area contributed by atoms with Crippen molar-refractivity contribution in [2.24, 2.45) is 16.8 Å². The van der Waals surface area contributed by atoms with Gasteiger partial charge in [-0.2, -0.15) is 0 Å². The van der Waals surface area contributed by atoms with Crippen molar-refractivity contribution in [1.29, 1.82) is 0 Å². The number of guanidine groups is 1. The number of nitrogens with zero attached hydrogens (tertiary/aromatic N) is 3. The summed E-state index contributed by atoms with van der Waals surface area (Å²) in [5.74, 6) is 1.92. The Balaban J connectivity index is 0.00000300. The van der Waals surface area contributed by atoms with Gasteiger partial charge < -0.3 is 15.0 Å². The standard InChI is InChI=1S/C22H40N4O2.HI/c1-3-28-21(27)19-11-14-25(15-12-19)22(23-2)24-16-20-10-7-13-26(20)17-18-8-5-4-6-9-18;/h18-20H,3-17H2,1-2H3,(H,23,24);1H. The molecule has 0 amide bonds. The lowest BCUT2D eigenvalue weighted by molar-refractivity contribution is -0.149. The predicted molar refractivity (Wildman–Crippen MR) is 129 cm³/mol. The van der Waals surface area contributed by atoms with Crippen molar-refractivity contribution in [3.63, 3.8) is 0 Å². The minimum atomic E-state index is -0.0330. The Labute approximate surface area is 194 Å². The van der Waals surface area contributed by atoms with Crippen molar-refractivity contribution in [1.82, 2.24) is 15.1 Å². The minimum Gasteiger partial charge on any atom is -0.466 e. The average Bonchev–Trinajstić information content (AvgIpc) is 3.17. The highest BCUT2D eigenvalue weighted by Gasteiger charge is 2.30. The van der Waals surface area contributed by atoms with Gasteiger partial charge in [0.15, 0.2) is 5.96 Å². The van der Waals surface area contributed by atoms with Gasteiger partial charge in [0, 0.05) is 39.3 Å². The molecular formula is C22H41IN4O2. The number of hydrogen-bond acceptors (Lipinski definition) is 4. The molecule has 2 saturated heterocycles. The lowest BCUT2D eigenvalue weighted by Gasteiger charge is -2.35. The first-order chi connectivity index (χ1) is 13.7. The molecular weight excluding hydrogens is 479 g/mol. The second-order valence-corrected chi connectivity index (χ2v) is 8.74. The van der Waals surface area contributed by atoms with Gasteiger partial charge in [0.2, 0.25) is 0 Å². The molecule has 0 aromatic carbocycles. The topological polar surface area (TPSA) is 57.2 Å². The van der Waals surface area contributed by atoms with E-state index in [2.05, 4.69) is 20.1 Å². The van der Waals surface area contributed by atoms with Crippen LogP contribution in [0.1, 0.15) is 64.7 Å². The van der Waals surface area contributed by atoms with Crippen LogP contribution in [0.2, 0.25) is 0 Å². The highest BCUT2D eigenvalue weighted by atomic mass is 127. The molecule has 1 unspecified atom stereocenters. The molecule has 0 spiro atoms. The summed E-state index contributed by atoms with van der Waals surface area (Å²) in [6, 6.07) is 0.635. The molecule has 29 heavy (non-hydrogen) atoms. The summed E-state index contributed by atoms with van der Waals surface area (Å²) >= 11 is 0. The number of halogens is 1. The number of ether oxygens (including phenoxy) is 1. The second kappa shape index (κ2) is 13.0. The largest absolute Gasteiger partial charge is 0.466 e. The SMILES string of the molecule is CCOC(=O)C1CCN(C(=NC)NCC2CCCN2CC2CCCCC2)CC1.I. The summed E-state index contributed by atoms with van der Waals surface area (Å²) in [5, 5.41) is 3.64. The molecule has 7 heteroatoms. The van der Waals surface area contributed by atoms with Crippen molar-refractivity contribution >= 4 is 35.9 Å². The van der Waals surface area contributed by atoms with E-state index in [0.717, 1.165) is 44.4 Å². The number of carbonyl (C=O) groups excluding carboxylic acids is 1. The summed E-state index contributed by atoms with van der Waals surface area (Å²) in [6.07, 6.45) is 11.5. The fourth-order valence-corrected chi connectivity index (χ4v) is 5.20. The third kappa shape index (κ3) is 7.26. The molecule has 0 aromatic heterocycles. The maximum absolute atomic E-state index is 12.0. The smallest absolute Gasteiger partial charge is 0.309 e. The summed E-state index contributed by atoms with van der Waals surface area (Å²) < 4.78 is 5.18. The van der Waals surface area contributed by atoms with Gasteiger partial charge in [-0.1, -0.05) is 19.3 Å². The van der Waals surface area contributed by atoms with E-state index in [4.69, 9.17) is 4.74 Å². The van der Waals surface area contributed by atoms with Crippen LogP contribution in [0, 0.1) is 11.8 Å². The quantitative estimate of drug-likeness (QED) is 0.252. The Morgan fingerprint density at radius 2 is 1.76 bits per heavy atom. The van der Waals surface area contributed by atoms with Crippen LogP contribution in [0.5, 0.6) is 0 Å². The van der Waals surface area contributed by atoms with E-state index in [-0.39, 0.29) is 35.9 Å². The van der Waals surface area contributed by atoms with E-state index in [1.165, 1.54) is 58.0 Å². The molecule has 3 fully saturated rings. The van der Waals surface area contributed by atoms with Crippen molar-refractivity contribution in [3.8, 4) is 0 Å². The van der Waals surface area contributed by atoms with Crippen LogP contribution >= 0.6 is 24.0 Å². The Kier molecular flexibility index (Phi) is 11.0. The van der Waals surface area contributed by atoms with Crippen LogP contribution in [0.4, 0.5) is 0 Å². The Bertz CT molecular complexity index is 517. The normalized spacial score (nSPS) is 25.0. The number of piperidine rings is 1. The molecule has 0 bridgehead atoms. The second-order valence-electron chi connectivity index (χ2n) is 8.74. The molecule has 1 saturated carbocycles. The van der Waals surface area contributed by atoms with Gasteiger partial charge in [0.1, 0.15) is 0 Å². The van der Waals surface area contributed by atoms with Crippen LogP contribution in [0.15, 0.2) is 4.99 Å². The number of esters is 1. The minimum absolute atomic E-state index is 0. The lowest BCUT2D eigenvalue weighted by Crippen LogP contribution is -2.50. The van der Waals surface area contributed by atoms with Crippen molar-refractivity contribution in [3.05, 3.63) is 0 Å². The zero-order chi connectivity index (χ0) is 19.8. The molecule has 1 aliphatic carbocycles. The van der Waals surface area contributed by atoms with Gasteiger partial charge in [0.25, 0.3) is 0 Å². The van der Waals surface area contributed by atoms with Crippen molar-refractivity contribution < 1.29 is 9.53 Å². The highest BCUT2D eigenvalue weighted by molar-refractivity contribution is 14.0. The molecule has 3 aliphatic rings. The van der Waals surface area contributed by atoms with E-state index < -0.39 is 0 Å².